The van der Waals surface area contributed by atoms with Gasteiger partial charge in [-0.2, -0.15) is 10.4 Å². The number of hydrogen-bond donors (Lipinski definition) is 2. The maximum absolute atomic E-state index is 14.4. The lowest BCUT2D eigenvalue weighted by atomic mass is 9.80. The minimum Gasteiger partial charge on any atom is -0.501 e. The fourth-order valence-corrected chi connectivity index (χ4v) is 4.33. The highest BCUT2D eigenvalue weighted by atomic mass is 19.4. The van der Waals surface area contributed by atoms with Crippen molar-refractivity contribution in [3.63, 3.8) is 0 Å². The number of halogens is 4. The van der Waals surface area contributed by atoms with Gasteiger partial charge in [-0.1, -0.05) is 12.1 Å². The van der Waals surface area contributed by atoms with Crippen molar-refractivity contribution < 1.29 is 36.7 Å². The highest BCUT2D eigenvalue weighted by molar-refractivity contribution is 6.04. The SMILES string of the molecule is C[C@@H](c1nc(C(=O)Nc2cnoc2)c(O)c(=O)n1C)[C@H](c1cnn(CCOC(F)(F)F)c1)c1cc(F)ccc1C#N. The van der Waals surface area contributed by atoms with Gasteiger partial charge in [-0.25, -0.2) is 9.37 Å². The number of carbonyl (C=O) groups is 1. The number of aromatic hydroxyl groups is 1. The summed E-state index contributed by atoms with van der Waals surface area (Å²) in [5.74, 6) is -4.41. The molecule has 0 radical (unpaired) electrons. The second-order valence-electron chi connectivity index (χ2n) is 8.84. The predicted octanol–water partition coefficient (Wildman–Crippen LogP) is 3.41. The highest BCUT2D eigenvalue weighted by Gasteiger charge is 2.32. The summed E-state index contributed by atoms with van der Waals surface area (Å²) in [4.78, 5) is 30.0. The third kappa shape index (κ3) is 6.41. The minimum atomic E-state index is -4.83. The number of nitriles is 1. The molecular formula is C25H21F4N7O5. The summed E-state index contributed by atoms with van der Waals surface area (Å²) >= 11 is 0. The number of nitrogens with one attached hydrogen (secondary N) is 1. The van der Waals surface area contributed by atoms with Crippen LogP contribution in [0.25, 0.3) is 0 Å². The second kappa shape index (κ2) is 11.6. The third-order valence-corrected chi connectivity index (χ3v) is 6.18. The van der Waals surface area contributed by atoms with E-state index in [4.69, 9.17) is 0 Å². The van der Waals surface area contributed by atoms with Gasteiger partial charge in [0.2, 0.25) is 5.75 Å². The quantitative estimate of drug-likeness (QED) is 0.285. The standard InChI is InChI=1S/C25H21F4N7O5/c1-13(22-34-20(21(37)24(39)35(22)2)23(38)33-17-10-32-41-12-17)19(18-7-16(26)4-3-14(18)8-30)15-9-31-36(11-15)5-6-40-25(27,28)29/h3-4,7,9-13,19,37H,5-6H2,1-2H3,(H,33,38)/t13-,19-/m1/s1. The highest BCUT2D eigenvalue weighted by Crippen LogP contribution is 2.39. The molecule has 2 N–H and O–H groups in total. The van der Waals surface area contributed by atoms with E-state index in [0.29, 0.717) is 5.56 Å². The van der Waals surface area contributed by atoms with E-state index in [0.717, 1.165) is 23.0 Å². The molecule has 0 saturated heterocycles. The number of ether oxygens (including phenoxy) is 1. The zero-order valence-corrected chi connectivity index (χ0v) is 21.4. The Kier molecular flexibility index (Phi) is 8.19. The van der Waals surface area contributed by atoms with E-state index < -0.39 is 53.5 Å². The molecule has 0 unspecified atom stereocenters. The average molecular weight is 575 g/mol. The first-order valence-corrected chi connectivity index (χ1v) is 11.8. The van der Waals surface area contributed by atoms with Crippen LogP contribution < -0.4 is 10.9 Å². The van der Waals surface area contributed by atoms with Crippen LogP contribution in [0.4, 0.5) is 23.2 Å². The van der Waals surface area contributed by atoms with Crippen LogP contribution in [0.15, 0.2) is 52.4 Å². The van der Waals surface area contributed by atoms with E-state index in [1.807, 2.05) is 6.07 Å². The maximum atomic E-state index is 14.4. The number of carbonyl (C=O) groups excluding carboxylic acids is 1. The van der Waals surface area contributed by atoms with E-state index in [9.17, 15) is 37.5 Å². The van der Waals surface area contributed by atoms with Gasteiger partial charge in [-0.15, -0.1) is 13.2 Å². The molecule has 1 amide bonds. The number of alkyl halides is 3. The summed E-state index contributed by atoms with van der Waals surface area (Å²) in [6, 6.07) is 5.44. The normalized spacial score (nSPS) is 13.0. The van der Waals surface area contributed by atoms with Gasteiger partial charge in [0.25, 0.3) is 11.5 Å². The molecule has 1 aromatic carbocycles. The molecule has 3 heterocycles. The lowest BCUT2D eigenvalue weighted by Gasteiger charge is -2.26. The molecule has 0 saturated carbocycles. The summed E-state index contributed by atoms with van der Waals surface area (Å²) in [7, 11) is 1.30. The average Bonchev–Trinajstić information content (AvgIpc) is 3.59. The molecule has 0 spiro atoms. The van der Waals surface area contributed by atoms with Gasteiger partial charge in [0.05, 0.1) is 37.2 Å². The fraction of sp³-hybridized carbons (Fsp3) is 0.280. The Morgan fingerprint density at radius 2 is 2.07 bits per heavy atom. The number of amides is 1. The van der Waals surface area contributed by atoms with Gasteiger partial charge in [0.1, 0.15) is 23.6 Å². The molecule has 4 rings (SSSR count). The summed E-state index contributed by atoms with van der Waals surface area (Å²) < 4.78 is 62.3. The summed E-state index contributed by atoms with van der Waals surface area (Å²) in [6.07, 6.45) is 0.175. The van der Waals surface area contributed by atoms with Gasteiger partial charge in [-0.05, 0) is 29.3 Å². The van der Waals surface area contributed by atoms with E-state index in [1.165, 1.54) is 36.4 Å². The van der Waals surface area contributed by atoms with Crippen molar-refractivity contribution in [1.29, 1.82) is 5.26 Å². The van der Waals surface area contributed by atoms with Crippen LogP contribution in [0.3, 0.4) is 0 Å². The second-order valence-corrected chi connectivity index (χ2v) is 8.84. The van der Waals surface area contributed by atoms with Crippen molar-refractivity contribution in [2.24, 2.45) is 7.05 Å². The van der Waals surface area contributed by atoms with Gasteiger partial charge in [-0.3, -0.25) is 23.6 Å². The van der Waals surface area contributed by atoms with Gasteiger partial charge < -0.3 is 14.9 Å². The molecule has 214 valence electrons. The molecule has 2 atom stereocenters. The predicted molar refractivity (Wildman–Crippen MR) is 131 cm³/mol. The molecule has 3 aromatic heterocycles. The molecule has 0 fully saturated rings. The van der Waals surface area contributed by atoms with Crippen LogP contribution in [-0.4, -0.2) is 48.5 Å². The number of nitrogens with zero attached hydrogens (tertiary/aromatic N) is 6. The van der Waals surface area contributed by atoms with Crippen LogP contribution in [-0.2, 0) is 18.3 Å². The van der Waals surface area contributed by atoms with Crippen LogP contribution >= 0.6 is 0 Å². The summed E-state index contributed by atoms with van der Waals surface area (Å²) in [5.41, 5.74) is -0.867. The first kappa shape index (κ1) is 29.0. The van der Waals surface area contributed by atoms with Crippen LogP contribution in [0.5, 0.6) is 5.75 Å². The van der Waals surface area contributed by atoms with Crippen molar-refractivity contribution in [2.45, 2.75) is 31.7 Å². The zero-order chi connectivity index (χ0) is 29.9. The molecule has 0 aliphatic rings. The van der Waals surface area contributed by atoms with E-state index in [1.54, 1.807) is 6.92 Å². The Hall–Kier alpha value is -5.04. The van der Waals surface area contributed by atoms with Crippen molar-refractivity contribution in [2.75, 3.05) is 11.9 Å². The third-order valence-electron chi connectivity index (χ3n) is 6.18. The zero-order valence-electron chi connectivity index (χ0n) is 21.4. The number of aromatic nitrogens is 5. The Morgan fingerprint density at radius 1 is 1.32 bits per heavy atom. The lowest BCUT2D eigenvalue weighted by molar-refractivity contribution is -0.325. The smallest absolute Gasteiger partial charge is 0.501 e. The van der Waals surface area contributed by atoms with Crippen LogP contribution in [0, 0.1) is 17.1 Å². The first-order chi connectivity index (χ1) is 19.4. The lowest BCUT2D eigenvalue weighted by Crippen LogP contribution is -2.29. The van der Waals surface area contributed by atoms with Crippen LogP contribution in [0.1, 0.15) is 51.8 Å². The van der Waals surface area contributed by atoms with E-state index >= 15 is 0 Å². The van der Waals surface area contributed by atoms with Crippen molar-refractivity contribution in [3.05, 3.63) is 87.4 Å². The van der Waals surface area contributed by atoms with E-state index in [2.05, 4.69) is 29.8 Å². The molecule has 0 aliphatic heterocycles. The molecule has 41 heavy (non-hydrogen) atoms. The number of rotatable bonds is 9. The molecule has 0 aliphatic carbocycles. The molecule has 0 bridgehead atoms. The Bertz CT molecular complexity index is 1660. The Morgan fingerprint density at radius 3 is 2.73 bits per heavy atom. The maximum Gasteiger partial charge on any atom is 0.522 e. The molecule has 16 heteroatoms. The molecular weight excluding hydrogens is 554 g/mol. The fourth-order valence-electron chi connectivity index (χ4n) is 4.33. The Balaban J connectivity index is 1.80. The van der Waals surface area contributed by atoms with Crippen molar-refractivity contribution in [1.82, 2.24) is 24.5 Å². The first-order valence-electron chi connectivity index (χ1n) is 11.8. The summed E-state index contributed by atoms with van der Waals surface area (Å²) in [6.45, 7) is 0.576. The van der Waals surface area contributed by atoms with E-state index in [-0.39, 0.29) is 29.2 Å². The number of hydrogen-bond acceptors (Lipinski definition) is 9. The number of anilines is 1. The Labute approximate surface area is 228 Å². The topological polar surface area (TPSA) is 161 Å². The monoisotopic (exact) mass is 575 g/mol. The van der Waals surface area contributed by atoms with Crippen LogP contribution in [0.2, 0.25) is 0 Å². The largest absolute Gasteiger partial charge is 0.522 e. The van der Waals surface area contributed by atoms with Crippen molar-refractivity contribution >= 4 is 11.6 Å². The van der Waals surface area contributed by atoms with Crippen molar-refractivity contribution in [3.8, 4) is 11.8 Å². The summed E-state index contributed by atoms with van der Waals surface area (Å²) in [5, 5.41) is 30.1. The number of benzene rings is 1. The van der Waals surface area contributed by atoms with Gasteiger partial charge in [0.15, 0.2) is 5.69 Å². The van der Waals surface area contributed by atoms with Gasteiger partial charge in [0, 0.05) is 25.1 Å². The molecule has 12 nitrogen and oxygen atoms in total. The van der Waals surface area contributed by atoms with Gasteiger partial charge >= 0.3 is 6.36 Å². The minimum absolute atomic E-state index is 0.0328. The molecule has 4 aromatic rings.